The van der Waals surface area contributed by atoms with Crippen LogP contribution in [0.4, 0.5) is 4.79 Å². The van der Waals surface area contributed by atoms with Crippen molar-refractivity contribution in [2.24, 2.45) is 0 Å². The van der Waals surface area contributed by atoms with Crippen LogP contribution in [0.15, 0.2) is 28.8 Å². The van der Waals surface area contributed by atoms with Gasteiger partial charge in [0.1, 0.15) is 11.5 Å². The first-order valence-electron chi connectivity index (χ1n) is 8.13. The Morgan fingerprint density at radius 1 is 1.29 bits per heavy atom. The molecule has 6 nitrogen and oxygen atoms in total. The van der Waals surface area contributed by atoms with Gasteiger partial charge in [-0.1, -0.05) is 24.2 Å². The normalized spacial score (nSPS) is 10.5. The first kappa shape index (κ1) is 17.8. The van der Waals surface area contributed by atoms with Gasteiger partial charge >= 0.3 is 6.03 Å². The smallest absolute Gasteiger partial charge is 0.317 e. The molecule has 6 heteroatoms. The van der Waals surface area contributed by atoms with E-state index in [0.29, 0.717) is 19.7 Å². The van der Waals surface area contributed by atoms with Crippen LogP contribution in [0.5, 0.6) is 5.75 Å². The van der Waals surface area contributed by atoms with E-state index < -0.39 is 0 Å². The number of nitrogens with one attached hydrogen (secondary N) is 1. The van der Waals surface area contributed by atoms with Crippen LogP contribution in [0.3, 0.4) is 0 Å². The Morgan fingerprint density at radius 2 is 2.00 bits per heavy atom. The molecule has 130 valence electrons. The van der Waals surface area contributed by atoms with Gasteiger partial charge in [-0.3, -0.25) is 0 Å². The van der Waals surface area contributed by atoms with Gasteiger partial charge in [-0.05, 0) is 38.0 Å². The molecule has 1 heterocycles. The van der Waals surface area contributed by atoms with Gasteiger partial charge in [0.15, 0.2) is 0 Å². The molecule has 0 fully saturated rings. The molecule has 0 atom stereocenters. The summed E-state index contributed by atoms with van der Waals surface area (Å²) in [7, 11) is 1.75. The second kappa shape index (κ2) is 8.38. The minimum Gasteiger partial charge on any atom is -0.494 e. The number of aryl methyl sites for hydroxylation is 2. The van der Waals surface area contributed by atoms with Crippen LogP contribution in [0.1, 0.15) is 35.9 Å². The Morgan fingerprint density at radius 3 is 2.58 bits per heavy atom. The molecule has 2 aromatic rings. The summed E-state index contributed by atoms with van der Waals surface area (Å²) in [4.78, 5) is 13.8. The number of urea groups is 1. The molecule has 1 aromatic carbocycles. The minimum atomic E-state index is -0.138. The van der Waals surface area contributed by atoms with Crippen molar-refractivity contribution in [2.75, 3.05) is 13.7 Å². The second-order valence-corrected chi connectivity index (χ2v) is 5.81. The number of hydrogen-bond acceptors (Lipinski definition) is 4. The van der Waals surface area contributed by atoms with Crippen LogP contribution < -0.4 is 10.1 Å². The number of ether oxygens (including phenoxy) is 1. The summed E-state index contributed by atoms with van der Waals surface area (Å²) in [6, 6.07) is 7.62. The Labute approximate surface area is 142 Å². The molecular formula is C18H25N3O3. The lowest BCUT2D eigenvalue weighted by atomic mass is 10.2. The zero-order chi connectivity index (χ0) is 17.5. The topological polar surface area (TPSA) is 67.6 Å². The van der Waals surface area contributed by atoms with Crippen LogP contribution in [0.2, 0.25) is 0 Å². The fraction of sp³-hybridized carbons (Fsp3) is 0.444. The van der Waals surface area contributed by atoms with Gasteiger partial charge in [-0.25, -0.2) is 4.79 Å². The van der Waals surface area contributed by atoms with Crippen molar-refractivity contribution in [1.82, 2.24) is 15.4 Å². The standard InChI is InChI=1S/C18H25N3O3/c1-5-10-23-16-8-6-15(7-9-16)11-19-18(22)21(4)12-17-13(2)20-24-14(17)3/h6-9H,5,10-12H2,1-4H3,(H,19,22). The zero-order valence-electron chi connectivity index (χ0n) is 14.8. The van der Waals surface area contributed by atoms with Crippen LogP contribution in [0.25, 0.3) is 0 Å². The van der Waals surface area contributed by atoms with Gasteiger partial charge in [0.05, 0.1) is 18.8 Å². The van der Waals surface area contributed by atoms with Crippen molar-refractivity contribution in [2.45, 2.75) is 40.3 Å². The number of benzene rings is 1. The number of hydrogen-bond donors (Lipinski definition) is 1. The first-order valence-corrected chi connectivity index (χ1v) is 8.13. The fourth-order valence-electron chi connectivity index (χ4n) is 2.27. The molecule has 0 bridgehead atoms. The maximum absolute atomic E-state index is 12.2. The maximum atomic E-state index is 12.2. The number of amides is 2. The fourth-order valence-corrected chi connectivity index (χ4v) is 2.27. The van der Waals surface area contributed by atoms with Crippen molar-refractivity contribution in [1.29, 1.82) is 0 Å². The van der Waals surface area contributed by atoms with E-state index in [1.54, 1.807) is 11.9 Å². The van der Waals surface area contributed by atoms with Gasteiger partial charge < -0.3 is 19.5 Å². The summed E-state index contributed by atoms with van der Waals surface area (Å²) in [6.45, 7) is 7.45. The molecule has 2 amide bonds. The summed E-state index contributed by atoms with van der Waals surface area (Å²) < 4.78 is 10.7. The molecule has 0 spiro atoms. The van der Waals surface area contributed by atoms with Crippen LogP contribution in [-0.4, -0.2) is 29.7 Å². The van der Waals surface area contributed by atoms with Gasteiger partial charge in [-0.15, -0.1) is 0 Å². The lowest BCUT2D eigenvalue weighted by Gasteiger charge is -2.18. The molecule has 24 heavy (non-hydrogen) atoms. The third-order valence-corrected chi connectivity index (χ3v) is 3.76. The monoisotopic (exact) mass is 331 g/mol. The van der Waals surface area contributed by atoms with E-state index in [1.807, 2.05) is 38.1 Å². The van der Waals surface area contributed by atoms with Gasteiger partial charge in [0, 0.05) is 19.2 Å². The molecule has 2 rings (SSSR count). The van der Waals surface area contributed by atoms with Crippen molar-refractivity contribution in [3.05, 3.63) is 46.8 Å². The zero-order valence-corrected chi connectivity index (χ0v) is 14.8. The van der Waals surface area contributed by atoms with E-state index in [2.05, 4.69) is 17.4 Å². The molecule has 1 aromatic heterocycles. The number of nitrogens with zero attached hydrogens (tertiary/aromatic N) is 2. The Hall–Kier alpha value is -2.50. The van der Waals surface area contributed by atoms with Crippen molar-refractivity contribution >= 4 is 6.03 Å². The summed E-state index contributed by atoms with van der Waals surface area (Å²) in [5.74, 6) is 1.59. The molecule has 0 saturated heterocycles. The summed E-state index contributed by atoms with van der Waals surface area (Å²) >= 11 is 0. The van der Waals surface area contributed by atoms with E-state index in [4.69, 9.17) is 9.26 Å². The SMILES string of the molecule is CCCOc1ccc(CNC(=O)N(C)Cc2c(C)noc2C)cc1. The lowest BCUT2D eigenvalue weighted by molar-refractivity contribution is 0.206. The number of aromatic nitrogens is 1. The second-order valence-electron chi connectivity index (χ2n) is 5.81. The molecule has 0 aliphatic carbocycles. The van der Waals surface area contributed by atoms with Crippen molar-refractivity contribution < 1.29 is 14.1 Å². The molecule has 0 aliphatic heterocycles. The van der Waals surface area contributed by atoms with Crippen molar-refractivity contribution in [3.8, 4) is 5.75 Å². The van der Waals surface area contributed by atoms with Crippen LogP contribution >= 0.6 is 0 Å². The Kier molecular flexibility index (Phi) is 6.23. The highest BCUT2D eigenvalue weighted by Gasteiger charge is 2.15. The predicted molar refractivity (Wildman–Crippen MR) is 91.9 cm³/mol. The number of carbonyl (C=O) groups is 1. The quantitative estimate of drug-likeness (QED) is 0.844. The number of carbonyl (C=O) groups excluding carboxylic acids is 1. The molecular weight excluding hydrogens is 306 g/mol. The maximum Gasteiger partial charge on any atom is 0.317 e. The van der Waals surface area contributed by atoms with Gasteiger partial charge in [0.25, 0.3) is 0 Å². The third-order valence-electron chi connectivity index (χ3n) is 3.76. The molecule has 0 radical (unpaired) electrons. The lowest BCUT2D eigenvalue weighted by Crippen LogP contribution is -2.36. The predicted octanol–water partition coefficient (Wildman–Crippen LogP) is 3.42. The Balaban J connectivity index is 1.83. The Bertz CT molecular complexity index is 645. The molecule has 0 saturated carbocycles. The molecule has 0 aliphatic rings. The highest BCUT2D eigenvalue weighted by atomic mass is 16.5. The van der Waals surface area contributed by atoms with E-state index in [0.717, 1.165) is 34.8 Å². The van der Waals surface area contributed by atoms with E-state index >= 15 is 0 Å². The molecule has 1 N–H and O–H groups in total. The van der Waals surface area contributed by atoms with E-state index in [9.17, 15) is 4.79 Å². The third kappa shape index (κ3) is 4.75. The molecule has 0 unspecified atom stereocenters. The highest BCUT2D eigenvalue weighted by Crippen LogP contribution is 2.15. The summed E-state index contributed by atoms with van der Waals surface area (Å²) in [5, 5.41) is 6.81. The average molecular weight is 331 g/mol. The average Bonchev–Trinajstić information content (AvgIpc) is 2.90. The van der Waals surface area contributed by atoms with E-state index in [-0.39, 0.29) is 6.03 Å². The summed E-state index contributed by atoms with van der Waals surface area (Å²) in [6.07, 6.45) is 0.981. The first-order chi connectivity index (χ1) is 11.5. The largest absolute Gasteiger partial charge is 0.494 e. The summed E-state index contributed by atoms with van der Waals surface area (Å²) in [5.41, 5.74) is 2.79. The van der Waals surface area contributed by atoms with Crippen molar-refractivity contribution in [3.63, 3.8) is 0 Å². The van der Waals surface area contributed by atoms with Gasteiger partial charge in [0.2, 0.25) is 0 Å². The van der Waals surface area contributed by atoms with E-state index in [1.165, 1.54) is 0 Å². The van der Waals surface area contributed by atoms with Gasteiger partial charge in [-0.2, -0.15) is 0 Å². The number of rotatable bonds is 7. The highest BCUT2D eigenvalue weighted by molar-refractivity contribution is 5.73. The minimum absolute atomic E-state index is 0.138. The van der Waals surface area contributed by atoms with Crippen LogP contribution in [-0.2, 0) is 13.1 Å². The van der Waals surface area contributed by atoms with Crippen LogP contribution in [0, 0.1) is 13.8 Å².